The highest BCUT2D eigenvalue weighted by atomic mass is 16.5. The fraction of sp³-hybridized carbons (Fsp3) is 0.750. The summed E-state index contributed by atoms with van der Waals surface area (Å²) in [5.41, 5.74) is 3.59. The molecule has 0 radical (unpaired) electrons. The Morgan fingerprint density at radius 3 is 2.69 bits per heavy atom. The van der Waals surface area contributed by atoms with E-state index in [1.165, 1.54) is 24.7 Å². The first kappa shape index (κ1) is 9.98. The second-order valence-electron chi connectivity index (χ2n) is 3.23. The largest absolute Gasteiger partial charge is 0.358 e. The van der Waals surface area contributed by atoms with Gasteiger partial charge in [0, 0.05) is 6.21 Å². The smallest absolute Gasteiger partial charge is 0.287 e. The quantitative estimate of drug-likeness (QED) is 0.344. The molecule has 1 fully saturated rings. The molecule has 74 valence electrons. The summed E-state index contributed by atoms with van der Waals surface area (Å²) in [5.74, 6) is 0.479. The van der Waals surface area contributed by atoms with Gasteiger partial charge in [-0.05, 0) is 18.8 Å². The topological polar surface area (TPSA) is 73.7 Å². The molecule has 1 saturated carbocycles. The van der Waals surface area contributed by atoms with E-state index in [1.54, 1.807) is 6.21 Å². The van der Waals surface area contributed by atoms with Gasteiger partial charge in [-0.15, -0.1) is 0 Å². The average molecular weight is 185 g/mol. The predicted molar refractivity (Wildman–Crippen MR) is 48.5 cm³/mol. The van der Waals surface area contributed by atoms with Gasteiger partial charge >= 0.3 is 6.03 Å². The number of hydrogen-bond acceptors (Lipinski definition) is 3. The highest BCUT2D eigenvalue weighted by Crippen LogP contribution is 2.21. The lowest BCUT2D eigenvalue weighted by Gasteiger charge is -2.16. The van der Waals surface area contributed by atoms with Crippen LogP contribution >= 0.6 is 0 Å². The van der Waals surface area contributed by atoms with Gasteiger partial charge in [-0.25, -0.2) is 15.7 Å². The van der Waals surface area contributed by atoms with Crippen LogP contribution in [0.3, 0.4) is 0 Å². The summed E-state index contributed by atoms with van der Waals surface area (Å²) in [6.07, 6.45) is 7.81. The summed E-state index contributed by atoms with van der Waals surface area (Å²) in [6, 6.07) is -0.702. The Labute approximate surface area is 77.2 Å². The zero-order chi connectivity index (χ0) is 9.52. The third-order valence-corrected chi connectivity index (χ3v) is 2.20. The average Bonchev–Trinajstić information content (AvgIpc) is 2.19. The van der Waals surface area contributed by atoms with Gasteiger partial charge in [0.25, 0.3) is 0 Å². The zero-order valence-electron chi connectivity index (χ0n) is 7.49. The maximum atomic E-state index is 10.5. The molecule has 0 bridgehead atoms. The van der Waals surface area contributed by atoms with E-state index in [9.17, 15) is 4.79 Å². The fourth-order valence-corrected chi connectivity index (χ4v) is 1.51. The molecule has 0 atom stereocenters. The maximum absolute atomic E-state index is 10.5. The Hall–Kier alpha value is -1.10. The molecular formula is C8H15N3O2. The van der Waals surface area contributed by atoms with Gasteiger partial charge in [0.15, 0.2) is 0 Å². The third kappa shape index (κ3) is 3.89. The van der Waals surface area contributed by atoms with E-state index in [0.717, 1.165) is 12.8 Å². The molecule has 0 unspecified atom stereocenters. The van der Waals surface area contributed by atoms with Crippen LogP contribution < -0.4 is 10.9 Å². The first-order chi connectivity index (χ1) is 6.33. The van der Waals surface area contributed by atoms with E-state index in [1.807, 2.05) is 0 Å². The van der Waals surface area contributed by atoms with Gasteiger partial charge in [-0.3, -0.25) is 5.21 Å². The molecule has 0 heterocycles. The fourth-order valence-electron chi connectivity index (χ4n) is 1.51. The summed E-state index contributed by atoms with van der Waals surface area (Å²) in [6.45, 7) is 0. The number of urea groups is 1. The minimum Gasteiger partial charge on any atom is -0.287 e. The lowest BCUT2D eigenvalue weighted by atomic mass is 9.90. The molecule has 0 saturated heterocycles. The van der Waals surface area contributed by atoms with Gasteiger partial charge in [0.1, 0.15) is 0 Å². The molecule has 3 N–H and O–H groups in total. The van der Waals surface area contributed by atoms with Crippen molar-refractivity contribution in [1.82, 2.24) is 10.9 Å². The first-order valence-electron chi connectivity index (χ1n) is 4.56. The van der Waals surface area contributed by atoms with Crippen LogP contribution in [0.4, 0.5) is 4.79 Å². The van der Waals surface area contributed by atoms with E-state index in [0.29, 0.717) is 5.92 Å². The van der Waals surface area contributed by atoms with Crippen molar-refractivity contribution >= 4 is 12.2 Å². The van der Waals surface area contributed by atoms with Gasteiger partial charge in [-0.1, -0.05) is 19.3 Å². The second kappa shape index (κ2) is 5.53. The summed E-state index contributed by atoms with van der Waals surface area (Å²) >= 11 is 0. The zero-order valence-corrected chi connectivity index (χ0v) is 7.49. The van der Waals surface area contributed by atoms with Crippen molar-refractivity contribution < 1.29 is 10.0 Å². The van der Waals surface area contributed by atoms with Crippen molar-refractivity contribution in [3.8, 4) is 0 Å². The first-order valence-corrected chi connectivity index (χ1v) is 4.56. The number of nitrogens with one attached hydrogen (secondary N) is 2. The van der Waals surface area contributed by atoms with E-state index in [4.69, 9.17) is 5.21 Å². The van der Waals surface area contributed by atoms with E-state index < -0.39 is 6.03 Å². The minimum absolute atomic E-state index is 0.479. The Bertz CT molecular complexity index is 188. The molecular weight excluding hydrogens is 170 g/mol. The van der Waals surface area contributed by atoms with Crippen LogP contribution in [0.25, 0.3) is 0 Å². The molecule has 0 aromatic heterocycles. The van der Waals surface area contributed by atoms with Crippen LogP contribution in [0.15, 0.2) is 5.10 Å². The van der Waals surface area contributed by atoms with E-state index in [2.05, 4.69) is 10.5 Å². The molecule has 1 aliphatic carbocycles. The van der Waals surface area contributed by atoms with Gasteiger partial charge in [0.2, 0.25) is 0 Å². The molecule has 0 aliphatic heterocycles. The lowest BCUT2D eigenvalue weighted by Crippen LogP contribution is -2.29. The summed E-state index contributed by atoms with van der Waals surface area (Å²) in [7, 11) is 0. The summed E-state index contributed by atoms with van der Waals surface area (Å²) < 4.78 is 0. The Morgan fingerprint density at radius 1 is 1.38 bits per heavy atom. The molecule has 1 aliphatic rings. The molecule has 13 heavy (non-hydrogen) atoms. The molecule has 0 aromatic rings. The van der Waals surface area contributed by atoms with Crippen LogP contribution in [0, 0.1) is 5.92 Å². The molecule has 1 rings (SSSR count). The van der Waals surface area contributed by atoms with Crippen molar-refractivity contribution in [1.29, 1.82) is 0 Å². The normalized spacial score (nSPS) is 18.8. The number of amides is 2. The number of hydroxylamine groups is 1. The highest BCUT2D eigenvalue weighted by molar-refractivity contribution is 5.73. The van der Waals surface area contributed by atoms with Crippen LogP contribution in [0.5, 0.6) is 0 Å². The van der Waals surface area contributed by atoms with Crippen LogP contribution in [-0.4, -0.2) is 17.5 Å². The van der Waals surface area contributed by atoms with Crippen molar-refractivity contribution in [3.05, 3.63) is 0 Å². The van der Waals surface area contributed by atoms with E-state index >= 15 is 0 Å². The monoisotopic (exact) mass is 185 g/mol. The van der Waals surface area contributed by atoms with Crippen LogP contribution in [0.2, 0.25) is 0 Å². The van der Waals surface area contributed by atoms with E-state index in [-0.39, 0.29) is 0 Å². The van der Waals surface area contributed by atoms with Crippen LogP contribution in [-0.2, 0) is 0 Å². The third-order valence-electron chi connectivity index (χ3n) is 2.20. The number of nitrogens with zero attached hydrogens (tertiary/aromatic N) is 1. The summed E-state index contributed by atoms with van der Waals surface area (Å²) in [4.78, 5) is 10.5. The maximum Gasteiger partial charge on any atom is 0.358 e. The number of hydrazone groups is 1. The van der Waals surface area contributed by atoms with Gasteiger partial charge in [-0.2, -0.15) is 5.10 Å². The molecule has 5 heteroatoms. The van der Waals surface area contributed by atoms with Crippen molar-refractivity contribution in [2.24, 2.45) is 11.0 Å². The Balaban J connectivity index is 2.18. The Morgan fingerprint density at radius 2 is 2.08 bits per heavy atom. The lowest BCUT2D eigenvalue weighted by molar-refractivity contribution is 0.162. The summed E-state index contributed by atoms with van der Waals surface area (Å²) in [5, 5.41) is 11.9. The highest BCUT2D eigenvalue weighted by Gasteiger charge is 2.10. The number of carbonyl (C=O) groups is 1. The Kier molecular flexibility index (Phi) is 4.25. The van der Waals surface area contributed by atoms with Crippen molar-refractivity contribution in [2.45, 2.75) is 32.1 Å². The minimum atomic E-state index is -0.702. The van der Waals surface area contributed by atoms with Gasteiger partial charge < -0.3 is 0 Å². The van der Waals surface area contributed by atoms with Gasteiger partial charge in [0.05, 0.1) is 0 Å². The molecule has 5 nitrogen and oxygen atoms in total. The number of carbonyl (C=O) groups excluding carboxylic acids is 1. The SMILES string of the molecule is O=C(NO)N/N=C/C1CCCCC1. The standard InChI is InChI=1S/C8H15N3O2/c12-8(11-13)10-9-6-7-4-2-1-3-5-7/h6-7,13H,1-5H2,(H2,10,11,12)/b9-6+. The van der Waals surface area contributed by atoms with Crippen molar-refractivity contribution in [2.75, 3.05) is 0 Å². The van der Waals surface area contributed by atoms with Crippen LogP contribution in [0.1, 0.15) is 32.1 Å². The number of rotatable bonds is 2. The van der Waals surface area contributed by atoms with Crippen molar-refractivity contribution in [3.63, 3.8) is 0 Å². The second-order valence-corrected chi connectivity index (χ2v) is 3.23. The molecule has 0 aromatic carbocycles. The molecule has 0 spiro atoms. The predicted octanol–water partition coefficient (Wildman–Crippen LogP) is 1.24. The number of hydrogen-bond donors (Lipinski definition) is 3. The molecule has 2 amide bonds.